The highest BCUT2D eigenvalue weighted by Gasteiger charge is 2.24. The second kappa shape index (κ2) is 5.48. The number of carbonyl (C=O) groups is 1. The highest BCUT2D eigenvalue weighted by atomic mass is 19.2. The van der Waals surface area contributed by atoms with Crippen LogP contribution < -0.4 is 0 Å². The predicted octanol–water partition coefficient (Wildman–Crippen LogP) is 3.45. The number of carbonyl (C=O) groups excluding carboxylic acids is 1. The fourth-order valence-electron chi connectivity index (χ4n) is 1.89. The summed E-state index contributed by atoms with van der Waals surface area (Å²) in [5, 5.41) is 0. The lowest BCUT2D eigenvalue weighted by atomic mass is 10.2. The highest BCUT2D eigenvalue weighted by Crippen LogP contribution is 2.20. The molecule has 6 heteroatoms. The zero-order valence-electron chi connectivity index (χ0n) is 11.0. The minimum atomic E-state index is -1.02. The molecule has 0 radical (unpaired) electrons. The molecule has 2 aromatic carbocycles. The van der Waals surface area contributed by atoms with Gasteiger partial charge in [-0.2, -0.15) is 0 Å². The van der Waals surface area contributed by atoms with E-state index in [0.717, 1.165) is 12.1 Å². The Morgan fingerprint density at radius 3 is 2.36 bits per heavy atom. The van der Waals surface area contributed by atoms with E-state index in [2.05, 4.69) is 4.99 Å². The standard InChI is InChI=1S/C16H8F3NO2/c17-11-4-2-10(3-5-11)15-20-14(16(21)22-15)8-9-1-6-12(18)13(19)7-9/h1-8H/b14-8+. The van der Waals surface area contributed by atoms with Gasteiger partial charge in [0.1, 0.15) is 5.82 Å². The Morgan fingerprint density at radius 2 is 1.68 bits per heavy atom. The Hall–Kier alpha value is -2.89. The molecule has 0 amide bonds. The van der Waals surface area contributed by atoms with Gasteiger partial charge in [-0.25, -0.2) is 23.0 Å². The van der Waals surface area contributed by atoms with Crippen LogP contribution in [0, 0.1) is 17.5 Å². The number of hydrogen-bond donors (Lipinski definition) is 0. The van der Waals surface area contributed by atoms with E-state index in [1.54, 1.807) is 0 Å². The first-order valence-electron chi connectivity index (χ1n) is 6.26. The number of cyclic esters (lactones) is 1. The van der Waals surface area contributed by atoms with Crippen molar-refractivity contribution in [3.05, 3.63) is 76.7 Å². The van der Waals surface area contributed by atoms with Gasteiger partial charge in [0.25, 0.3) is 0 Å². The number of esters is 1. The van der Waals surface area contributed by atoms with Crippen LogP contribution in [0.25, 0.3) is 6.08 Å². The lowest BCUT2D eigenvalue weighted by Gasteiger charge is -1.98. The van der Waals surface area contributed by atoms with E-state index in [4.69, 9.17) is 4.74 Å². The molecule has 0 saturated carbocycles. The molecule has 0 N–H and O–H groups in total. The number of hydrogen-bond acceptors (Lipinski definition) is 3. The van der Waals surface area contributed by atoms with E-state index >= 15 is 0 Å². The number of halogens is 3. The molecule has 0 unspecified atom stereocenters. The summed E-state index contributed by atoms with van der Waals surface area (Å²) in [4.78, 5) is 15.7. The summed E-state index contributed by atoms with van der Waals surface area (Å²) in [5.41, 5.74) is 0.656. The molecule has 0 saturated heterocycles. The summed E-state index contributed by atoms with van der Waals surface area (Å²) in [5.74, 6) is -3.12. The van der Waals surface area contributed by atoms with Gasteiger partial charge in [-0.15, -0.1) is 0 Å². The molecular weight excluding hydrogens is 295 g/mol. The Bertz CT molecular complexity index is 811. The van der Waals surface area contributed by atoms with Crippen molar-refractivity contribution in [3.8, 4) is 0 Å². The molecule has 0 atom stereocenters. The summed E-state index contributed by atoms with van der Waals surface area (Å²) in [6.45, 7) is 0. The average Bonchev–Trinajstić information content (AvgIpc) is 2.85. The fraction of sp³-hybridized carbons (Fsp3) is 0. The van der Waals surface area contributed by atoms with Gasteiger partial charge in [0.15, 0.2) is 17.3 Å². The van der Waals surface area contributed by atoms with Gasteiger partial charge < -0.3 is 4.74 Å². The molecule has 0 spiro atoms. The average molecular weight is 303 g/mol. The van der Waals surface area contributed by atoms with Crippen molar-refractivity contribution < 1.29 is 22.7 Å². The second-order valence-corrected chi connectivity index (χ2v) is 4.52. The summed E-state index contributed by atoms with van der Waals surface area (Å²) < 4.78 is 43.8. The van der Waals surface area contributed by atoms with Crippen molar-refractivity contribution in [1.82, 2.24) is 0 Å². The molecule has 0 bridgehead atoms. The van der Waals surface area contributed by atoms with Crippen LogP contribution in [-0.4, -0.2) is 11.9 Å². The molecule has 1 aliphatic rings. The molecule has 2 aromatic rings. The molecule has 3 nitrogen and oxygen atoms in total. The van der Waals surface area contributed by atoms with E-state index in [9.17, 15) is 18.0 Å². The molecule has 0 aromatic heterocycles. The van der Waals surface area contributed by atoms with Crippen molar-refractivity contribution in [2.45, 2.75) is 0 Å². The van der Waals surface area contributed by atoms with Crippen LogP contribution in [0.2, 0.25) is 0 Å². The van der Waals surface area contributed by atoms with Crippen LogP contribution >= 0.6 is 0 Å². The van der Waals surface area contributed by atoms with Crippen molar-refractivity contribution in [3.63, 3.8) is 0 Å². The number of rotatable bonds is 2. The number of aliphatic imine (C=N–C) groups is 1. The molecule has 22 heavy (non-hydrogen) atoms. The first kappa shape index (κ1) is 14.1. The molecule has 3 rings (SSSR count). The van der Waals surface area contributed by atoms with E-state index < -0.39 is 23.4 Å². The van der Waals surface area contributed by atoms with Gasteiger partial charge in [-0.3, -0.25) is 0 Å². The van der Waals surface area contributed by atoms with E-state index in [0.29, 0.717) is 5.56 Å². The Labute approximate surface area is 123 Å². The Balaban J connectivity index is 1.93. The fourth-order valence-corrected chi connectivity index (χ4v) is 1.89. The normalized spacial score (nSPS) is 15.9. The SMILES string of the molecule is O=C1OC(c2ccc(F)cc2)=N/C1=C/c1ccc(F)c(F)c1. The van der Waals surface area contributed by atoms with Crippen LogP contribution in [-0.2, 0) is 9.53 Å². The van der Waals surface area contributed by atoms with Crippen molar-refractivity contribution in [2.24, 2.45) is 4.99 Å². The molecule has 110 valence electrons. The maximum atomic E-state index is 13.1. The first-order valence-corrected chi connectivity index (χ1v) is 6.26. The third-order valence-electron chi connectivity index (χ3n) is 2.96. The third kappa shape index (κ3) is 2.76. The van der Waals surface area contributed by atoms with Crippen LogP contribution in [0.15, 0.2) is 53.2 Å². The maximum absolute atomic E-state index is 13.1. The van der Waals surface area contributed by atoms with Gasteiger partial charge in [0.05, 0.1) is 0 Å². The summed E-state index contributed by atoms with van der Waals surface area (Å²) in [7, 11) is 0. The predicted molar refractivity (Wildman–Crippen MR) is 73.4 cm³/mol. The third-order valence-corrected chi connectivity index (χ3v) is 2.96. The molecule has 0 fully saturated rings. The largest absolute Gasteiger partial charge is 0.402 e. The Morgan fingerprint density at radius 1 is 0.955 bits per heavy atom. The molecule has 0 aliphatic carbocycles. The van der Waals surface area contributed by atoms with Crippen LogP contribution in [0.3, 0.4) is 0 Å². The number of ether oxygens (including phenoxy) is 1. The van der Waals surface area contributed by atoms with Crippen molar-refractivity contribution >= 4 is 17.9 Å². The number of benzene rings is 2. The highest BCUT2D eigenvalue weighted by molar-refractivity contribution is 6.12. The van der Waals surface area contributed by atoms with Gasteiger partial charge in [0.2, 0.25) is 5.90 Å². The van der Waals surface area contributed by atoms with Crippen LogP contribution in [0.1, 0.15) is 11.1 Å². The maximum Gasteiger partial charge on any atom is 0.363 e. The lowest BCUT2D eigenvalue weighted by Crippen LogP contribution is -2.05. The lowest BCUT2D eigenvalue weighted by molar-refractivity contribution is -0.129. The Kier molecular flexibility index (Phi) is 3.50. The summed E-state index contributed by atoms with van der Waals surface area (Å²) >= 11 is 0. The van der Waals surface area contributed by atoms with Gasteiger partial charge in [-0.1, -0.05) is 6.07 Å². The van der Waals surface area contributed by atoms with E-state index in [-0.39, 0.29) is 17.2 Å². The minimum absolute atomic E-state index is 0.0267. The number of nitrogens with zero attached hydrogens (tertiary/aromatic N) is 1. The molecular formula is C16H8F3NO2. The van der Waals surface area contributed by atoms with Gasteiger partial charge >= 0.3 is 5.97 Å². The van der Waals surface area contributed by atoms with Crippen molar-refractivity contribution in [1.29, 1.82) is 0 Å². The first-order chi connectivity index (χ1) is 10.5. The quantitative estimate of drug-likeness (QED) is 0.629. The second-order valence-electron chi connectivity index (χ2n) is 4.52. The van der Waals surface area contributed by atoms with E-state index in [1.165, 1.54) is 36.4 Å². The molecule has 1 aliphatic heterocycles. The molecule has 1 heterocycles. The zero-order valence-corrected chi connectivity index (χ0v) is 11.0. The monoisotopic (exact) mass is 303 g/mol. The smallest absolute Gasteiger partial charge is 0.363 e. The van der Waals surface area contributed by atoms with Gasteiger partial charge in [-0.05, 0) is 48.0 Å². The van der Waals surface area contributed by atoms with Crippen LogP contribution in [0.4, 0.5) is 13.2 Å². The summed E-state index contributed by atoms with van der Waals surface area (Å²) in [6, 6.07) is 8.47. The van der Waals surface area contributed by atoms with Crippen LogP contribution in [0.5, 0.6) is 0 Å². The van der Waals surface area contributed by atoms with Crippen molar-refractivity contribution in [2.75, 3.05) is 0 Å². The van der Waals surface area contributed by atoms with Gasteiger partial charge in [0, 0.05) is 5.56 Å². The minimum Gasteiger partial charge on any atom is -0.402 e. The zero-order chi connectivity index (χ0) is 15.7. The summed E-state index contributed by atoms with van der Waals surface area (Å²) in [6.07, 6.45) is 1.28. The topological polar surface area (TPSA) is 38.7 Å². The van der Waals surface area contributed by atoms with E-state index in [1.807, 2.05) is 0 Å².